The van der Waals surface area contributed by atoms with E-state index in [4.69, 9.17) is 9.53 Å². The molecule has 2 saturated carbocycles. The van der Waals surface area contributed by atoms with Crippen molar-refractivity contribution >= 4 is 22.8 Å². The molecule has 0 radical (unpaired) electrons. The molecule has 0 amide bonds. The molecule has 23 heavy (non-hydrogen) atoms. The van der Waals surface area contributed by atoms with Crippen LogP contribution < -0.4 is 5.30 Å². The van der Waals surface area contributed by atoms with Crippen LogP contribution in [0.4, 0.5) is 0 Å². The summed E-state index contributed by atoms with van der Waals surface area (Å²) in [5.74, 6) is 0.666. The maximum absolute atomic E-state index is 5.05. The molecule has 0 aromatic heterocycles. The van der Waals surface area contributed by atoms with Crippen molar-refractivity contribution in [2.45, 2.75) is 87.8 Å². The first-order valence-electron chi connectivity index (χ1n) is 9.07. The number of hydrogen-bond donors (Lipinski definition) is 0. The molecule has 0 nitrogen and oxygen atoms in total. The van der Waals surface area contributed by atoms with Crippen LogP contribution in [0.15, 0.2) is 24.3 Å². The van der Waals surface area contributed by atoms with Gasteiger partial charge in [0, 0.05) is 0 Å². The summed E-state index contributed by atoms with van der Waals surface area (Å²) in [6.07, 6.45) is 12.0. The summed E-state index contributed by atoms with van der Waals surface area (Å²) in [4.78, 5) is 0. The molecular formula is C20H32ClPPd. The van der Waals surface area contributed by atoms with Crippen LogP contribution in [-0.2, 0) is 17.0 Å². The third-order valence-corrected chi connectivity index (χ3v) is 8.75. The van der Waals surface area contributed by atoms with Crippen molar-refractivity contribution in [2.24, 2.45) is 0 Å². The van der Waals surface area contributed by atoms with E-state index in [0.717, 1.165) is 11.3 Å². The van der Waals surface area contributed by atoms with Gasteiger partial charge in [0.2, 0.25) is 0 Å². The van der Waals surface area contributed by atoms with E-state index in [2.05, 4.69) is 38.1 Å². The molecule has 134 valence electrons. The van der Waals surface area contributed by atoms with Gasteiger partial charge in [-0.2, -0.15) is 0 Å². The van der Waals surface area contributed by atoms with E-state index in [1.165, 1.54) is 51.4 Å². The number of halogens is 1. The van der Waals surface area contributed by atoms with Crippen molar-refractivity contribution in [3.63, 3.8) is 0 Å². The van der Waals surface area contributed by atoms with Gasteiger partial charge in [-0.25, -0.2) is 0 Å². The Kier molecular flexibility index (Phi) is 9.15. The summed E-state index contributed by atoms with van der Waals surface area (Å²) in [6, 6.07) is 9.66. The fourth-order valence-electron chi connectivity index (χ4n) is 4.13. The van der Waals surface area contributed by atoms with Crippen LogP contribution in [0.1, 0.15) is 76.7 Å². The fourth-order valence-corrected chi connectivity index (χ4v) is 7.97. The van der Waals surface area contributed by atoms with Crippen molar-refractivity contribution in [1.82, 2.24) is 0 Å². The van der Waals surface area contributed by atoms with Gasteiger partial charge in [-0.05, 0) is 53.8 Å². The van der Waals surface area contributed by atoms with Gasteiger partial charge < -0.3 is 0 Å². The molecule has 0 aliphatic heterocycles. The molecule has 2 aliphatic rings. The molecule has 0 spiro atoms. The van der Waals surface area contributed by atoms with Crippen molar-refractivity contribution < 1.29 is 17.0 Å². The van der Waals surface area contributed by atoms with Crippen molar-refractivity contribution in [1.29, 1.82) is 0 Å². The van der Waals surface area contributed by atoms with Crippen LogP contribution in [0.5, 0.6) is 0 Å². The molecule has 0 unspecified atom stereocenters. The first-order valence-corrected chi connectivity index (χ1v) is 14.1. The average molecular weight is 445 g/mol. The van der Waals surface area contributed by atoms with Crippen LogP contribution >= 0.6 is 17.5 Å². The molecule has 3 rings (SSSR count). The van der Waals surface area contributed by atoms with E-state index in [1.54, 1.807) is 10.9 Å². The van der Waals surface area contributed by atoms with Gasteiger partial charge >= 0.3 is 31.9 Å². The monoisotopic (exact) mass is 444 g/mol. The topological polar surface area (TPSA) is 0 Å². The molecule has 2 aliphatic carbocycles. The molecule has 0 N–H and O–H groups in total. The van der Waals surface area contributed by atoms with E-state index in [1.807, 2.05) is 5.40 Å². The fraction of sp³-hybridized carbons (Fsp3) is 0.700. The standard InChI is InChI=1S/C19H29P.CH3.ClH.Pd/c1-15(2)16-8-7-13-19(14-16)20(17-9-3-4-10-17)18-11-5-6-12-18;;;/h7-8,13-15,17-18H,3-6,9-12H2,1-2H3;1H3;1H;/q;;;+1/p-1. The minimum absolute atomic E-state index is 0.101. The normalized spacial score (nSPS) is 19.6. The predicted molar refractivity (Wildman–Crippen MR) is 103 cm³/mol. The van der Waals surface area contributed by atoms with Gasteiger partial charge in [0.25, 0.3) is 0 Å². The number of rotatable bonds is 4. The van der Waals surface area contributed by atoms with Gasteiger partial charge in [0.15, 0.2) is 0 Å². The van der Waals surface area contributed by atoms with Crippen molar-refractivity contribution in [3.8, 4) is 0 Å². The third-order valence-electron chi connectivity index (χ3n) is 5.27. The molecule has 0 atom stereocenters. The van der Waals surface area contributed by atoms with E-state index >= 15 is 0 Å². The molecule has 0 saturated heterocycles. The van der Waals surface area contributed by atoms with E-state index in [-0.39, 0.29) is 7.92 Å². The predicted octanol–water partition coefficient (Wildman–Crippen LogP) is 7.07. The Morgan fingerprint density at radius 1 is 1.00 bits per heavy atom. The Balaban J connectivity index is 0.000000595. The van der Waals surface area contributed by atoms with Gasteiger partial charge in [-0.3, -0.25) is 0 Å². The first kappa shape index (κ1) is 19.9. The van der Waals surface area contributed by atoms with Crippen LogP contribution in [0.25, 0.3) is 0 Å². The summed E-state index contributed by atoms with van der Waals surface area (Å²) < 4.78 is 0. The van der Waals surface area contributed by atoms with E-state index in [0.29, 0.717) is 22.9 Å². The van der Waals surface area contributed by atoms with Crippen molar-refractivity contribution in [3.05, 3.63) is 29.8 Å². The van der Waals surface area contributed by atoms with Gasteiger partial charge in [-0.1, -0.05) is 71.7 Å². The molecule has 0 bridgehead atoms. The van der Waals surface area contributed by atoms with Gasteiger partial charge in [0.1, 0.15) is 0 Å². The van der Waals surface area contributed by atoms with Gasteiger partial charge in [-0.15, -0.1) is 0 Å². The Labute approximate surface area is 157 Å². The van der Waals surface area contributed by atoms with E-state index < -0.39 is 0 Å². The molecule has 1 aromatic rings. The van der Waals surface area contributed by atoms with Gasteiger partial charge in [0.05, 0.1) is 0 Å². The summed E-state index contributed by atoms with van der Waals surface area (Å²) in [5, 5.41) is 3.67. The summed E-state index contributed by atoms with van der Waals surface area (Å²) in [7, 11) is 5.15. The zero-order chi connectivity index (χ0) is 16.7. The quantitative estimate of drug-likeness (QED) is 0.343. The molecule has 3 heteroatoms. The van der Waals surface area contributed by atoms with Crippen LogP contribution in [0.2, 0.25) is 5.40 Å². The second-order valence-electron chi connectivity index (χ2n) is 7.15. The van der Waals surface area contributed by atoms with Crippen LogP contribution in [-0.4, -0.2) is 11.3 Å². The first-order chi connectivity index (χ1) is 11.2. The SMILES string of the molecule is CC(C)c1cccc(P(C2CCCC2)C2CCCC2)c1.[CH3][Pd][Cl]. The van der Waals surface area contributed by atoms with Crippen LogP contribution in [0.3, 0.4) is 0 Å². The Morgan fingerprint density at radius 2 is 1.48 bits per heavy atom. The molecule has 0 heterocycles. The third kappa shape index (κ3) is 5.82. The number of benzene rings is 1. The molecule has 1 aromatic carbocycles. The molecular weight excluding hydrogens is 413 g/mol. The molecule has 2 fully saturated rings. The van der Waals surface area contributed by atoms with Crippen molar-refractivity contribution in [2.75, 3.05) is 0 Å². The second kappa shape index (κ2) is 10.6. The Bertz CT molecular complexity index is 435. The number of hydrogen-bond acceptors (Lipinski definition) is 0. The Hall–Kier alpha value is 0.602. The summed E-state index contributed by atoms with van der Waals surface area (Å²) in [6.45, 7) is 4.65. The average Bonchev–Trinajstić information content (AvgIpc) is 3.23. The second-order valence-corrected chi connectivity index (χ2v) is 11.9. The summed E-state index contributed by atoms with van der Waals surface area (Å²) >= 11 is 0.422. The zero-order valence-corrected chi connectivity index (χ0v) is 18.0. The zero-order valence-electron chi connectivity index (χ0n) is 14.8. The maximum atomic E-state index is 5.05. The minimum atomic E-state index is 0.101. The summed E-state index contributed by atoms with van der Waals surface area (Å²) in [5.41, 5.74) is 3.62. The Morgan fingerprint density at radius 3 is 1.91 bits per heavy atom. The van der Waals surface area contributed by atoms with Crippen LogP contribution in [0, 0.1) is 0 Å². The van der Waals surface area contributed by atoms with E-state index in [9.17, 15) is 0 Å².